The van der Waals surface area contributed by atoms with Crippen LogP contribution in [0.2, 0.25) is 0 Å². The number of methoxy groups -OCH3 is 1. The number of carboxylic acids is 1. The first kappa shape index (κ1) is 16.0. The molecule has 1 unspecified atom stereocenters. The van der Waals surface area contributed by atoms with Crippen LogP contribution < -0.4 is 10.1 Å². The highest BCUT2D eigenvalue weighted by Gasteiger charge is 2.33. The molecule has 6 nitrogen and oxygen atoms in total. The van der Waals surface area contributed by atoms with Crippen molar-refractivity contribution in [1.82, 2.24) is 10.3 Å². The molecule has 0 radical (unpaired) electrons. The maximum Gasteiger partial charge on any atom is 0.354 e. The second kappa shape index (κ2) is 6.70. The number of benzene rings is 1. The first-order valence-corrected chi connectivity index (χ1v) is 7.72. The number of nitrogens with zero attached hydrogens (tertiary/aromatic N) is 1. The van der Waals surface area contributed by atoms with Crippen LogP contribution in [0.15, 0.2) is 42.6 Å². The van der Waals surface area contributed by atoms with Gasteiger partial charge in [-0.25, -0.2) is 9.78 Å². The molecule has 1 heterocycles. The normalized spacial score (nSPS) is 14.7. The molecular formula is C18H18N2O4. The number of carbonyl (C=O) groups is 2. The second-order valence-electron chi connectivity index (χ2n) is 5.80. The Bertz CT molecular complexity index is 737. The van der Waals surface area contributed by atoms with Gasteiger partial charge in [0.1, 0.15) is 11.4 Å². The number of hydrogen-bond acceptors (Lipinski definition) is 4. The van der Waals surface area contributed by atoms with Gasteiger partial charge in [-0.15, -0.1) is 0 Å². The number of aromatic nitrogens is 1. The van der Waals surface area contributed by atoms with E-state index >= 15 is 0 Å². The van der Waals surface area contributed by atoms with Crippen molar-refractivity contribution in [2.75, 3.05) is 7.11 Å². The van der Waals surface area contributed by atoms with Gasteiger partial charge in [0.15, 0.2) is 0 Å². The van der Waals surface area contributed by atoms with Crippen molar-refractivity contribution in [3.8, 4) is 5.75 Å². The number of carbonyl (C=O) groups excluding carboxylic acids is 1. The molecule has 1 atom stereocenters. The largest absolute Gasteiger partial charge is 0.497 e. The Hall–Kier alpha value is -2.89. The summed E-state index contributed by atoms with van der Waals surface area (Å²) in [5.41, 5.74) is 1.29. The molecule has 6 heteroatoms. The fraction of sp³-hybridized carbons (Fsp3) is 0.278. The standard InChI is InChI=1S/C18H18N2O4/c1-24-14-7-4-12(5-8-14)16(11-2-3-11)20-17(21)13-6-9-15(18(22)23)19-10-13/h4-11,16H,2-3H2,1H3,(H,20,21)(H,22,23). The fourth-order valence-corrected chi connectivity index (χ4v) is 2.59. The van der Waals surface area contributed by atoms with Gasteiger partial charge in [-0.3, -0.25) is 4.79 Å². The number of nitrogens with one attached hydrogen (secondary N) is 1. The first-order chi connectivity index (χ1) is 11.6. The Labute approximate surface area is 139 Å². The van der Waals surface area contributed by atoms with E-state index in [9.17, 15) is 9.59 Å². The lowest BCUT2D eigenvalue weighted by Gasteiger charge is -2.19. The van der Waals surface area contributed by atoms with Crippen molar-refractivity contribution >= 4 is 11.9 Å². The molecule has 124 valence electrons. The second-order valence-corrected chi connectivity index (χ2v) is 5.80. The highest BCUT2D eigenvalue weighted by atomic mass is 16.5. The molecule has 0 bridgehead atoms. The van der Waals surface area contributed by atoms with E-state index in [0.717, 1.165) is 24.2 Å². The summed E-state index contributed by atoms with van der Waals surface area (Å²) in [6.45, 7) is 0. The summed E-state index contributed by atoms with van der Waals surface area (Å²) in [5.74, 6) is -0.176. The average Bonchev–Trinajstić information content (AvgIpc) is 3.44. The molecule has 24 heavy (non-hydrogen) atoms. The van der Waals surface area contributed by atoms with Crippen LogP contribution in [0.4, 0.5) is 0 Å². The number of rotatable bonds is 6. The monoisotopic (exact) mass is 326 g/mol. The van der Waals surface area contributed by atoms with Gasteiger partial charge in [0, 0.05) is 6.20 Å². The minimum Gasteiger partial charge on any atom is -0.497 e. The van der Waals surface area contributed by atoms with Crippen LogP contribution in [0.3, 0.4) is 0 Å². The molecule has 3 rings (SSSR count). The van der Waals surface area contributed by atoms with E-state index in [1.54, 1.807) is 7.11 Å². The SMILES string of the molecule is COc1ccc(C(NC(=O)c2ccc(C(=O)O)nc2)C2CC2)cc1. The Kier molecular flexibility index (Phi) is 4.46. The zero-order valence-electron chi connectivity index (χ0n) is 13.2. The molecule has 0 saturated heterocycles. The Balaban J connectivity index is 1.75. The Morgan fingerprint density at radius 2 is 1.92 bits per heavy atom. The average molecular weight is 326 g/mol. The van der Waals surface area contributed by atoms with Crippen LogP contribution in [-0.2, 0) is 0 Å². The molecule has 0 spiro atoms. The summed E-state index contributed by atoms with van der Waals surface area (Å²) >= 11 is 0. The Morgan fingerprint density at radius 1 is 1.21 bits per heavy atom. The van der Waals surface area contributed by atoms with Crippen LogP contribution in [0.1, 0.15) is 45.3 Å². The highest BCUT2D eigenvalue weighted by Crippen LogP contribution is 2.41. The van der Waals surface area contributed by atoms with E-state index in [1.165, 1.54) is 18.3 Å². The van der Waals surface area contributed by atoms with E-state index in [2.05, 4.69) is 10.3 Å². The van der Waals surface area contributed by atoms with Gasteiger partial charge in [-0.05, 0) is 48.6 Å². The molecular weight excluding hydrogens is 308 g/mol. The van der Waals surface area contributed by atoms with E-state index in [4.69, 9.17) is 9.84 Å². The summed E-state index contributed by atoms with van der Waals surface area (Å²) in [7, 11) is 1.61. The molecule has 1 fully saturated rings. The molecule has 2 N–H and O–H groups in total. The Morgan fingerprint density at radius 3 is 2.42 bits per heavy atom. The molecule has 1 amide bonds. The quantitative estimate of drug-likeness (QED) is 0.852. The summed E-state index contributed by atoms with van der Waals surface area (Å²) < 4.78 is 5.16. The van der Waals surface area contributed by atoms with Crippen LogP contribution in [0, 0.1) is 5.92 Å². The van der Waals surface area contributed by atoms with Gasteiger partial charge in [-0.2, -0.15) is 0 Å². The maximum atomic E-state index is 12.4. The fourth-order valence-electron chi connectivity index (χ4n) is 2.59. The van der Waals surface area contributed by atoms with Crippen molar-refractivity contribution < 1.29 is 19.4 Å². The predicted molar refractivity (Wildman–Crippen MR) is 87.1 cm³/mol. The number of carboxylic acid groups (broad SMARTS) is 1. The molecule has 1 aliphatic rings. The third-order valence-corrected chi connectivity index (χ3v) is 4.10. The van der Waals surface area contributed by atoms with Crippen molar-refractivity contribution in [1.29, 1.82) is 0 Å². The van der Waals surface area contributed by atoms with E-state index in [1.807, 2.05) is 24.3 Å². The predicted octanol–water partition coefficient (Wildman–Crippen LogP) is 2.67. The maximum absolute atomic E-state index is 12.4. The molecule has 0 aliphatic heterocycles. The molecule has 2 aromatic rings. The number of amides is 1. The molecule has 1 aromatic heterocycles. The van der Waals surface area contributed by atoms with Gasteiger partial charge in [-0.1, -0.05) is 12.1 Å². The first-order valence-electron chi connectivity index (χ1n) is 7.72. The lowest BCUT2D eigenvalue weighted by Crippen LogP contribution is -2.30. The topological polar surface area (TPSA) is 88.5 Å². The van der Waals surface area contributed by atoms with E-state index in [0.29, 0.717) is 11.5 Å². The van der Waals surface area contributed by atoms with Crippen LogP contribution >= 0.6 is 0 Å². The summed E-state index contributed by atoms with van der Waals surface area (Å²) in [6.07, 6.45) is 3.44. The minimum absolute atomic E-state index is 0.0671. The number of ether oxygens (including phenoxy) is 1. The summed E-state index contributed by atoms with van der Waals surface area (Å²) in [6, 6.07) is 10.4. The highest BCUT2D eigenvalue weighted by molar-refractivity contribution is 5.95. The third-order valence-electron chi connectivity index (χ3n) is 4.10. The van der Waals surface area contributed by atoms with Crippen LogP contribution in [0.25, 0.3) is 0 Å². The van der Waals surface area contributed by atoms with Crippen molar-refractivity contribution in [3.63, 3.8) is 0 Å². The third kappa shape index (κ3) is 3.53. The van der Waals surface area contributed by atoms with E-state index in [-0.39, 0.29) is 17.6 Å². The van der Waals surface area contributed by atoms with Crippen molar-refractivity contribution in [2.45, 2.75) is 18.9 Å². The lowest BCUT2D eigenvalue weighted by atomic mass is 10.0. The van der Waals surface area contributed by atoms with Gasteiger partial charge in [0.05, 0.1) is 18.7 Å². The van der Waals surface area contributed by atoms with Gasteiger partial charge < -0.3 is 15.2 Å². The summed E-state index contributed by atoms with van der Waals surface area (Å²) in [5, 5.41) is 11.9. The van der Waals surface area contributed by atoms with Crippen molar-refractivity contribution in [2.24, 2.45) is 5.92 Å². The summed E-state index contributed by atoms with van der Waals surface area (Å²) in [4.78, 5) is 27.0. The minimum atomic E-state index is -1.11. The molecule has 1 aromatic carbocycles. The molecule has 1 aliphatic carbocycles. The zero-order chi connectivity index (χ0) is 17.1. The van der Waals surface area contributed by atoms with Crippen LogP contribution in [-0.4, -0.2) is 29.1 Å². The number of aromatic carboxylic acids is 1. The van der Waals surface area contributed by atoms with Crippen LogP contribution in [0.5, 0.6) is 5.75 Å². The number of pyridine rings is 1. The van der Waals surface area contributed by atoms with Gasteiger partial charge in [0.25, 0.3) is 5.91 Å². The van der Waals surface area contributed by atoms with Gasteiger partial charge >= 0.3 is 5.97 Å². The number of hydrogen-bond donors (Lipinski definition) is 2. The zero-order valence-corrected chi connectivity index (χ0v) is 13.2. The van der Waals surface area contributed by atoms with Gasteiger partial charge in [0.2, 0.25) is 0 Å². The molecule has 1 saturated carbocycles. The van der Waals surface area contributed by atoms with E-state index < -0.39 is 5.97 Å². The van der Waals surface area contributed by atoms with Crippen molar-refractivity contribution in [3.05, 3.63) is 59.4 Å². The lowest BCUT2D eigenvalue weighted by molar-refractivity contribution is 0.0689. The smallest absolute Gasteiger partial charge is 0.354 e.